The largest absolute Gasteiger partial charge is 0.351 e. The molecule has 168 valence electrons. The molecule has 0 unspecified atom stereocenters. The summed E-state index contributed by atoms with van der Waals surface area (Å²) < 4.78 is 0. The van der Waals surface area contributed by atoms with Crippen molar-refractivity contribution in [2.45, 2.75) is 59.5 Å². The van der Waals surface area contributed by atoms with Crippen LogP contribution in [0.1, 0.15) is 57.1 Å². The first-order valence-electron chi connectivity index (χ1n) is 10.2. The number of amides is 4. The van der Waals surface area contributed by atoms with Gasteiger partial charge in [-0.3, -0.25) is 14.9 Å². The minimum Gasteiger partial charge on any atom is -0.351 e. The van der Waals surface area contributed by atoms with Crippen LogP contribution in [0.2, 0.25) is 0 Å². The van der Waals surface area contributed by atoms with E-state index in [1.54, 1.807) is 12.1 Å². The molecule has 2 rings (SSSR count). The zero-order valence-electron chi connectivity index (χ0n) is 18.9. The summed E-state index contributed by atoms with van der Waals surface area (Å²) in [4.78, 5) is 41.3. The van der Waals surface area contributed by atoms with Crippen LogP contribution < -0.4 is 21.3 Å². The van der Waals surface area contributed by atoms with Crippen LogP contribution >= 0.6 is 11.3 Å². The number of benzene rings is 1. The Balaban J connectivity index is 1.93. The minimum absolute atomic E-state index is 0.0727. The molecule has 0 aliphatic heterocycles. The summed E-state index contributed by atoms with van der Waals surface area (Å²) in [5.74, 6) is -0.233. The molecule has 0 saturated carbocycles. The molecule has 0 saturated heterocycles. The van der Waals surface area contributed by atoms with Crippen LogP contribution in [0.4, 0.5) is 9.93 Å². The quantitative estimate of drug-likeness (QED) is 0.521. The summed E-state index contributed by atoms with van der Waals surface area (Å²) in [5.41, 5.74) is 1.99. The third-order valence-electron chi connectivity index (χ3n) is 4.00. The molecule has 0 aliphatic carbocycles. The molecule has 4 N–H and O–H groups in total. The van der Waals surface area contributed by atoms with Crippen molar-refractivity contribution in [3.8, 4) is 10.4 Å². The fourth-order valence-corrected chi connectivity index (χ4v) is 3.71. The molecule has 0 spiro atoms. The lowest BCUT2D eigenvalue weighted by molar-refractivity contribution is -0.122. The predicted molar refractivity (Wildman–Crippen MR) is 124 cm³/mol. The van der Waals surface area contributed by atoms with Gasteiger partial charge >= 0.3 is 6.03 Å². The average Bonchev–Trinajstić information content (AvgIpc) is 2.99. The van der Waals surface area contributed by atoms with E-state index in [-0.39, 0.29) is 36.4 Å². The molecule has 0 atom stereocenters. The van der Waals surface area contributed by atoms with Crippen molar-refractivity contribution in [2.24, 2.45) is 0 Å². The maximum atomic E-state index is 12.1. The summed E-state index contributed by atoms with van der Waals surface area (Å²) >= 11 is 1.35. The molecule has 0 aliphatic rings. The van der Waals surface area contributed by atoms with Crippen LogP contribution in [-0.4, -0.2) is 41.0 Å². The number of nitrogens with zero attached hydrogens (tertiary/aromatic N) is 1. The molecule has 4 amide bonds. The molecule has 8 nitrogen and oxygen atoms in total. The maximum absolute atomic E-state index is 12.1. The first-order chi connectivity index (χ1) is 14.4. The predicted octanol–water partition coefficient (Wildman–Crippen LogP) is 3.68. The molecule has 1 aromatic heterocycles. The van der Waals surface area contributed by atoms with Crippen molar-refractivity contribution in [1.82, 2.24) is 20.9 Å². The molecule has 0 bridgehead atoms. The summed E-state index contributed by atoms with van der Waals surface area (Å²) in [6.07, 6.45) is 0.198. The van der Waals surface area contributed by atoms with Crippen molar-refractivity contribution in [3.63, 3.8) is 0 Å². The first-order valence-corrected chi connectivity index (χ1v) is 11.0. The fraction of sp³-hybridized carbons (Fsp3) is 0.455. The van der Waals surface area contributed by atoms with E-state index in [4.69, 9.17) is 0 Å². The summed E-state index contributed by atoms with van der Waals surface area (Å²) in [5, 5.41) is 11.5. The topological polar surface area (TPSA) is 112 Å². The van der Waals surface area contributed by atoms with E-state index in [1.807, 2.05) is 53.7 Å². The second-order valence-electron chi connectivity index (χ2n) is 8.57. The summed E-state index contributed by atoms with van der Waals surface area (Å²) in [6, 6.07) is 6.94. The zero-order chi connectivity index (χ0) is 23.2. The lowest BCUT2D eigenvalue weighted by atomic mass is 10.1. The molecular formula is C22H31N5O3S. The van der Waals surface area contributed by atoms with Gasteiger partial charge in [0.1, 0.15) is 0 Å². The Labute approximate surface area is 187 Å². The van der Waals surface area contributed by atoms with Crippen LogP contribution in [0.15, 0.2) is 24.3 Å². The fourth-order valence-electron chi connectivity index (χ4n) is 2.75. The molecule has 0 fully saturated rings. The van der Waals surface area contributed by atoms with Gasteiger partial charge in [-0.2, -0.15) is 0 Å². The van der Waals surface area contributed by atoms with E-state index in [2.05, 4.69) is 26.3 Å². The Kier molecular flexibility index (Phi) is 8.15. The highest BCUT2D eigenvalue weighted by molar-refractivity contribution is 7.19. The van der Waals surface area contributed by atoms with Crippen LogP contribution in [0, 0.1) is 6.92 Å². The number of hydrogen-bond acceptors (Lipinski definition) is 5. The highest BCUT2D eigenvalue weighted by atomic mass is 32.1. The highest BCUT2D eigenvalue weighted by Crippen LogP contribution is 2.32. The van der Waals surface area contributed by atoms with Gasteiger partial charge in [0.15, 0.2) is 5.13 Å². The van der Waals surface area contributed by atoms with Crippen molar-refractivity contribution in [1.29, 1.82) is 0 Å². The third kappa shape index (κ3) is 8.01. The number of thiazole rings is 1. The van der Waals surface area contributed by atoms with Crippen molar-refractivity contribution >= 4 is 34.3 Å². The van der Waals surface area contributed by atoms with Gasteiger partial charge in [-0.25, -0.2) is 9.78 Å². The van der Waals surface area contributed by atoms with E-state index < -0.39 is 6.03 Å². The number of anilines is 1. The van der Waals surface area contributed by atoms with E-state index in [9.17, 15) is 14.4 Å². The average molecular weight is 446 g/mol. The van der Waals surface area contributed by atoms with Crippen molar-refractivity contribution in [3.05, 3.63) is 35.5 Å². The molecule has 1 aromatic carbocycles. The smallest absolute Gasteiger partial charge is 0.321 e. The van der Waals surface area contributed by atoms with Gasteiger partial charge < -0.3 is 16.0 Å². The maximum Gasteiger partial charge on any atom is 0.321 e. The van der Waals surface area contributed by atoms with E-state index in [1.165, 1.54) is 11.3 Å². The molecule has 9 heteroatoms. The van der Waals surface area contributed by atoms with Gasteiger partial charge in [0.05, 0.1) is 10.6 Å². The Morgan fingerprint density at radius 3 is 2.32 bits per heavy atom. The Hall–Kier alpha value is -2.94. The lowest BCUT2D eigenvalue weighted by Crippen LogP contribution is -2.42. The molecule has 0 radical (unpaired) electrons. The third-order valence-corrected chi connectivity index (χ3v) is 5.12. The molecular weight excluding hydrogens is 414 g/mol. The number of hydrogen-bond donors (Lipinski definition) is 4. The van der Waals surface area contributed by atoms with E-state index >= 15 is 0 Å². The Morgan fingerprint density at radius 2 is 1.74 bits per heavy atom. The summed E-state index contributed by atoms with van der Waals surface area (Å²) in [7, 11) is 0. The van der Waals surface area contributed by atoms with Crippen LogP contribution in [0.5, 0.6) is 0 Å². The highest BCUT2D eigenvalue weighted by Gasteiger charge is 2.15. The monoisotopic (exact) mass is 445 g/mol. The van der Waals surface area contributed by atoms with Gasteiger partial charge in [-0.05, 0) is 59.2 Å². The van der Waals surface area contributed by atoms with Gasteiger partial charge in [-0.15, -0.1) is 0 Å². The van der Waals surface area contributed by atoms with Gasteiger partial charge in [-0.1, -0.05) is 23.5 Å². The van der Waals surface area contributed by atoms with Crippen molar-refractivity contribution < 1.29 is 14.4 Å². The van der Waals surface area contributed by atoms with Crippen LogP contribution in [-0.2, 0) is 4.79 Å². The summed E-state index contributed by atoms with van der Waals surface area (Å²) in [6.45, 7) is 11.6. The Bertz CT molecular complexity index is 930. The minimum atomic E-state index is -0.412. The number of rotatable bonds is 7. The Morgan fingerprint density at radius 1 is 1.10 bits per heavy atom. The van der Waals surface area contributed by atoms with Gasteiger partial charge in [0, 0.05) is 30.1 Å². The SMILES string of the molecule is Cc1nc(NC(=O)NCCC(=O)NC(C)(C)C)sc1-c1ccc(C(=O)NC(C)C)cc1. The number of urea groups is 1. The lowest BCUT2D eigenvalue weighted by Gasteiger charge is -2.20. The van der Waals surface area contributed by atoms with E-state index in [0.29, 0.717) is 10.7 Å². The molecule has 31 heavy (non-hydrogen) atoms. The zero-order valence-corrected chi connectivity index (χ0v) is 19.7. The number of carbonyl (C=O) groups excluding carboxylic acids is 3. The van der Waals surface area contributed by atoms with Gasteiger partial charge in [0.2, 0.25) is 5.91 Å². The normalized spacial score (nSPS) is 11.2. The molecule has 1 heterocycles. The van der Waals surface area contributed by atoms with Crippen LogP contribution in [0.25, 0.3) is 10.4 Å². The number of aryl methyl sites for hydroxylation is 1. The number of aromatic nitrogens is 1. The standard InChI is InChI=1S/C22H31N5O3S/c1-13(2)24-19(29)16-9-7-15(8-10-16)18-14(3)25-21(31-18)26-20(30)23-12-11-17(28)27-22(4,5)6/h7-10,13H,11-12H2,1-6H3,(H,24,29)(H,27,28)(H2,23,25,26,30). The number of nitrogens with one attached hydrogen (secondary N) is 4. The second kappa shape index (κ2) is 10.4. The van der Waals surface area contributed by atoms with Crippen LogP contribution in [0.3, 0.4) is 0 Å². The number of carbonyl (C=O) groups is 3. The molecule has 2 aromatic rings. The van der Waals surface area contributed by atoms with E-state index in [0.717, 1.165) is 16.1 Å². The van der Waals surface area contributed by atoms with Gasteiger partial charge in [0.25, 0.3) is 5.91 Å². The first kappa shape index (κ1) is 24.3. The van der Waals surface area contributed by atoms with Crippen molar-refractivity contribution in [2.75, 3.05) is 11.9 Å². The second-order valence-corrected chi connectivity index (χ2v) is 9.57.